The third-order valence-electron chi connectivity index (χ3n) is 6.12. The summed E-state index contributed by atoms with van der Waals surface area (Å²) in [5.41, 5.74) is 11.0. The Bertz CT molecular complexity index is 1150. The second-order valence-corrected chi connectivity index (χ2v) is 9.05. The van der Waals surface area contributed by atoms with E-state index in [4.69, 9.17) is 10.5 Å². The van der Waals surface area contributed by atoms with Crippen molar-refractivity contribution in [2.45, 2.75) is 45.6 Å². The first kappa shape index (κ1) is 22.6. The summed E-state index contributed by atoms with van der Waals surface area (Å²) >= 11 is 0. The van der Waals surface area contributed by atoms with Crippen molar-refractivity contribution in [2.24, 2.45) is 11.7 Å². The van der Waals surface area contributed by atoms with Gasteiger partial charge in [-0.2, -0.15) is 0 Å². The fraction of sp³-hybridized carbons (Fsp3) is 0.286. The number of amides is 2. The minimum Gasteiger partial charge on any atom is -0.457 e. The first-order valence-corrected chi connectivity index (χ1v) is 11.4. The van der Waals surface area contributed by atoms with Crippen LogP contribution < -0.4 is 10.6 Å². The molecule has 0 radical (unpaired) electrons. The molecule has 2 atom stereocenters. The van der Waals surface area contributed by atoms with E-state index >= 15 is 0 Å². The number of esters is 1. The predicted molar refractivity (Wildman–Crippen MR) is 131 cm³/mol. The van der Waals surface area contributed by atoms with Crippen LogP contribution in [0.5, 0.6) is 0 Å². The monoisotopic (exact) mass is 442 g/mol. The predicted octanol–water partition coefficient (Wildman–Crippen LogP) is 6.05. The normalized spacial score (nSPS) is 15.9. The molecule has 3 aromatic carbocycles. The van der Waals surface area contributed by atoms with Crippen LogP contribution in [0.1, 0.15) is 55.0 Å². The Hall–Kier alpha value is -3.60. The summed E-state index contributed by atoms with van der Waals surface area (Å²) in [7, 11) is 0. The van der Waals surface area contributed by atoms with Gasteiger partial charge in [0.2, 0.25) is 0 Å². The standard InChI is InChI=1S/C28H30N2O3/c1-18(2)16-20-12-14-21(15-13-20)19(3)27(31)33-26-17-22-8-4-6-10-24(22)30(28(29)32)25-11-7-5-9-23(25)26/h4-15,18-19,26H,16-17H2,1-3H3,(H2,29,32)/t19?,26-/m0/s1. The molecular weight excluding hydrogens is 412 g/mol. The van der Waals surface area contributed by atoms with E-state index < -0.39 is 18.1 Å². The molecule has 0 spiro atoms. The number of benzene rings is 3. The molecule has 0 saturated heterocycles. The molecule has 33 heavy (non-hydrogen) atoms. The van der Waals surface area contributed by atoms with Crippen LogP contribution in [0.3, 0.4) is 0 Å². The number of rotatable bonds is 5. The average Bonchev–Trinajstić information content (AvgIpc) is 2.93. The van der Waals surface area contributed by atoms with Gasteiger partial charge in [0.25, 0.3) is 0 Å². The molecule has 0 aromatic heterocycles. The lowest BCUT2D eigenvalue weighted by molar-refractivity contribution is -0.150. The lowest BCUT2D eigenvalue weighted by Crippen LogP contribution is -2.32. The number of fused-ring (bicyclic) bond motifs is 2. The minimum atomic E-state index is -0.572. The Labute approximate surface area is 195 Å². The zero-order valence-electron chi connectivity index (χ0n) is 19.3. The molecule has 5 nitrogen and oxygen atoms in total. The fourth-order valence-corrected chi connectivity index (χ4v) is 4.44. The lowest BCUT2D eigenvalue weighted by Gasteiger charge is -2.24. The highest BCUT2D eigenvalue weighted by Gasteiger charge is 2.32. The topological polar surface area (TPSA) is 72.6 Å². The van der Waals surface area contributed by atoms with Crippen molar-refractivity contribution in [3.63, 3.8) is 0 Å². The third-order valence-corrected chi connectivity index (χ3v) is 6.12. The third kappa shape index (κ3) is 4.77. The molecule has 1 aliphatic heterocycles. The van der Waals surface area contributed by atoms with Crippen LogP contribution in [0.25, 0.3) is 0 Å². The molecule has 1 unspecified atom stereocenters. The van der Waals surface area contributed by atoms with E-state index in [1.54, 1.807) is 0 Å². The van der Waals surface area contributed by atoms with Gasteiger partial charge in [0.1, 0.15) is 6.10 Å². The Morgan fingerprint density at radius 2 is 1.58 bits per heavy atom. The zero-order chi connectivity index (χ0) is 23.5. The fourth-order valence-electron chi connectivity index (χ4n) is 4.44. The Balaban J connectivity index is 1.62. The Kier molecular flexibility index (Phi) is 6.50. The number of nitrogens with two attached hydrogens (primary N) is 1. The van der Waals surface area contributed by atoms with Gasteiger partial charge >= 0.3 is 12.0 Å². The lowest BCUT2D eigenvalue weighted by atomic mass is 9.96. The summed E-state index contributed by atoms with van der Waals surface area (Å²) in [6, 6.07) is 22.7. The van der Waals surface area contributed by atoms with Crippen molar-refractivity contribution in [1.29, 1.82) is 0 Å². The van der Waals surface area contributed by atoms with E-state index in [1.165, 1.54) is 10.5 Å². The number of nitrogens with zero attached hydrogens (tertiary/aromatic N) is 1. The van der Waals surface area contributed by atoms with Gasteiger partial charge in [0.05, 0.1) is 17.3 Å². The van der Waals surface area contributed by atoms with Gasteiger partial charge in [-0.3, -0.25) is 9.69 Å². The van der Waals surface area contributed by atoms with Gasteiger partial charge in [0, 0.05) is 12.0 Å². The number of para-hydroxylation sites is 2. The van der Waals surface area contributed by atoms with Crippen LogP contribution in [0.15, 0.2) is 72.8 Å². The highest BCUT2D eigenvalue weighted by atomic mass is 16.5. The number of anilines is 2. The molecular formula is C28H30N2O3. The molecule has 3 aromatic rings. The average molecular weight is 443 g/mol. The van der Waals surface area contributed by atoms with Gasteiger partial charge < -0.3 is 10.5 Å². The number of ether oxygens (including phenoxy) is 1. The number of carbonyl (C=O) groups is 2. The molecule has 0 aliphatic carbocycles. The highest BCUT2D eigenvalue weighted by molar-refractivity contribution is 6.00. The van der Waals surface area contributed by atoms with Crippen molar-refractivity contribution < 1.29 is 14.3 Å². The number of hydrogen-bond acceptors (Lipinski definition) is 3. The van der Waals surface area contributed by atoms with Crippen LogP contribution in [0, 0.1) is 5.92 Å². The quantitative estimate of drug-likeness (QED) is 0.489. The van der Waals surface area contributed by atoms with Crippen LogP contribution in [-0.2, 0) is 22.4 Å². The maximum absolute atomic E-state index is 13.2. The van der Waals surface area contributed by atoms with E-state index in [-0.39, 0.29) is 5.97 Å². The van der Waals surface area contributed by atoms with E-state index in [2.05, 4.69) is 26.0 Å². The van der Waals surface area contributed by atoms with E-state index in [1.807, 2.05) is 67.6 Å². The summed E-state index contributed by atoms with van der Waals surface area (Å²) in [5.74, 6) is -0.121. The van der Waals surface area contributed by atoms with Gasteiger partial charge in [-0.05, 0) is 48.1 Å². The second-order valence-electron chi connectivity index (χ2n) is 9.05. The molecule has 2 amide bonds. The number of urea groups is 1. The molecule has 1 heterocycles. The summed E-state index contributed by atoms with van der Waals surface area (Å²) in [6.07, 6.45) is 0.943. The Morgan fingerprint density at radius 1 is 0.939 bits per heavy atom. The van der Waals surface area contributed by atoms with Gasteiger partial charge in [-0.25, -0.2) is 4.79 Å². The first-order valence-electron chi connectivity index (χ1n) is 11.4. The molecule has 5 heteroatoms. The summed E-state index contributed by atoms with van der Waals surface area (Å²) in [6.45, 7) is 6.25. The summed E-state index contributed by atoms with van der Waals surface area (Å²) in [4.78, 5) is 27.1. The van der Waals surface area contributed by atoms with Crippen molar-refractivity contribution in [3.8, 4) is 0 Å². The maximum atomic E-state index is 13.2. The number of carbonyl (C=O) groups excluding carboxylic acids is 2. The van der Waals surface area contributed by atoms with Crippen LogP contribution in [0.4, 0.5) is 16.2 Å². The van der Waals surface area contributed by atoms with Crippen molar-refractivity contribution in [1.82, 2.24) is 0 Å². The molecule has 0 saturated carbocycles. The SMILES string of the molecule is CC(C)Cc1ccc(C(C)C(=O)O[C@H]2Cc3ccccc3N(C(N)=O)c3ccccc32)cc1. The van der Waals surface area contributed by atoms with Crippen molar-refractivity contribution >= 4 is 23.4 Å². The van der Waals surface area contributed by atoms with Crippen LogP contribution >= 0.6 is 0 Å². The number of hydrogen-bond donors (Lipinski definition) is 1. The van der Waals surface area contributed by atoms with E-state index in [9.17, 15) is 9.59 Å². The first-order chi connectivity index (χ1) is 15.8. The summed E-state index contributed by atoms with van der Waals surface area (Å²) in [5, 5.41) is 0. The molecule has 1 aliphatic rings. The molecule has 170 valence electrons. The van der Waals surface area contributed by atoms with Crippen LogP contribution in [0.2, 0.25) is 0 Å². The van der Waals surface area contributed by atoms with Crippen LogP contribution in [-0.4, -0.2) is 12.0 Å². The zero-order valence-corrected chi connectivity index (χ0v) is 19.3. The highest BCUT2D eigenvalue weighted by Crippen LogP contribution is 2.41. The van der Waals surface area contributed by atoms with Crippen molar-refractivity contribution in [3.05, 3.63) is 95.1 Å². The van der Waals surface area contributed by atoms with Crippen molar-refractivity contribution in [2.75, 3.05) is 4.90 Å². The second kappa shape index (κ2) is 9.49. The van der Waals surface area contributed by atoms with E-state index in [0.29, 0.717) is 23.7 Å². The minimum absolute atomic E-state index is 0.295. The van der Waals surface area contributed by atoms with Gasteiger partial charge in [-0.1, -0.05) is 74.5 Å². The van der Waals surface area contributed by atoms with E-state index in [0.717, 1.165) is 23.1 Å². The smallest absolute Gasteiger partial charge is 0.323 e. The number of primary amides is 1. The molecule has 0 fully saturated rings. The molecule has 0 bridgehead atoms. The molecule has 4 rings (SSSR count). The Morgan fingerprint density at radius 3 is 2.24 bits per heavy atom. The van der Waals surface area contributed by atoms with Gasteiger partial charge in [0.15, 0.2) is 0 Å². The maximum Gasteiger partial charge on any atom is 0.323 e. The van der Waals surface area contributed by atoms with Gasteiger partial charge in [-0.15, -0.1) is 0 Å². The largest absolute Gasteiger partial charge is 0.457 e. The molecule has 2 N–H and O–H groups in total. The summed E-state index contributed by atoms with van der Waals surface area (Å²) < 4.78 is 6.08.